The third kappa shape index (κ3) is 7.84. The number of ketones is 1. The van der Waals surface area contributed by atoms with Crippen LogP contribution in [0, 0.1) is 30.7 Å². The number of fused-ring (bicyclic) bond motifs is 3. The van der Waals surface area contributed by atoms with E-state index < -0.39 is 0 Å². The van der Waals surface area contributed by atoms with Gasteiger partial charge in [-0.25, -0.2) is 0 Å². The monoisotopic (exact) mass is 877 g/mol. The maximum absolute atomic E-state index is 12.2. The van der Waals surface area contributed by atoms with Gasteiger partial charge in [-0.05, 0) is 68.7 Å². The molecule has 0 aliphatic heterocycles. The maximum atomic E-state index is 12.2. The van der Waals surface area contributed by atoms with E-state index in [1.54, 1.807) is 0 Å². The Labute approximate surface area is 323 Å². The molecule has 0 atom stereocenters. The standard InChI is InChI=1S/C31H26NO2.C15H28O2.Ir/c1-18-15-21-10-8-12-24(30(21)33-18)29-19(2)27-26(34-29)13-14-32-28(27)22-16-20-9-6-7-11-23(20)25(17-22)31(3,4)5;1-7-14(5,8-2)12(16)11-13(17)15(6,9-3)10-4;/h6-15,17H,1-5H3;11,16H,7-10H2,1-6H3;/q-1;;/b;12-11-;. The van der Waals surface area contributed by atoms with Crippen molar-refractivity contribution in [3.05, 3.63) is 102 Å². The molecule has 0 amide bonds. The largest absolute Gasteiger partial charge is 0.512 e. The molecule has 52 heavy (non-hydrogen) atoms. The van der Waals surface area contributed by atoms with Gasteiger partial charge in [-0.1, -0.05) is 104 Å². The van der Waals surface area contributed by atoms with E-state index >= 15 is 0 Å². The van der Waals surface area contributed by atoms with E-state index in [0.717, 1.165) is 86.9 Å². The maximum Gasteiger partial charge on any atom is 0.164 e. The van der Waals surface area contributed by atoms with Crippen LogP contribution in [-0.2, 0) is 30.3 Å². The van der Waals surface area contributed by atoms with Crippen LogP contribution < -0.4 is 0 Å². The summed E-state index contributed by atoms with van der Waals surface area (Å²) in [5.74, 6) is 1.99. The van der Waals surface area contributed by atoms with Crippen molar-refractivity contribution >= 4 is 38.5 Å². The number of allylic oxidation sites excluding steroid dienone is 2. The molecule has 277 valence electrons. The summed E-state index contributed by atoms with van der Waals surface area (Å²) < 4.78 is 12.5. The van der Waals surface area contributed by atoms with Gasteiger partial charge < -0.3 is 13.9 Å². The van der Waals surface area contributed by atoms with Crippen LogP contribution in [0.5, 0.6) is 0 Å². The van der Waals surface area contributed by atoms with E-state index in [-0.39, 0.29) is 47.9 Å². The van der Waals surface area contributed by atoms with Gasteiger partial charge in [0.15, 0.2) is 5.78 Å². The Morgan fingerprint density at radius 3 is 2.13 bits per heavy atom. The Kier molecular flexibility index (Phi) is 12.5. The summed E-state index contributed by atoms with van der Waals surface area (Å²) in [5, 5.41) is 14.6. The zero-order chi connectivity index (χ0) is 37.3. The molecule has 5 nitrogen and oxygen atoms in total. The Bertz CT molecular complexity index is 2220. The zero-order valence-corrected chi connectivity index (χ0v) is 35.1. The SMILES string of the molecule is CCC(C)(CC)C(=O)/C=C(\O)C(C)(CC)CC.Cc1cc2cccc(-c3oc4ccnc(-c5[c-]c6ccccc6c(C(C)(C)C)c5)c4c3C)c2o1.[Ir]. The molecule has 1 N–H and O–H groups in total. The Morgan fingerprint density at radius 1 is 0.846 bits per heavy atom. The summed E-state index contributed by atoms with van der Waals surface area (Å²) in [5.41, 5.74) is 6.23. The molecule has 0 bridgehead atoms. The van der Waals surface area contributed by atoms with Crippen LogP contribution in [0.25, 0.3) is 55.3 Å². The van der Waals surface area contributed by atoms with Crippen molar-refractivity contribution in [3.8, 4) is 22.6 Å². The number of furan rings is 2. The number of hydrogen-bond donors (Lipinski definition) is 1. The fraction of sp³-hybridized carbons (Fsp3) is 0.391. The average molecular weight is 877 g/mol. The topological polar surface area (TPSA) is 76.5 Å². The minimum absolute atomic E-state index is 0. The molecule has 6 rings (SSSR count). The number of rotatable bonds is 9. The van der Waals surface area contributed by atoms with E-state index in [1.165, 1.54) is 17.0 Å². The fourth-order valence-corrected chi connectivity index (χ4v) is 6.69. The molecule has 0 fully saturated rings. The molecule has 3 aromatic heterocycles. The van der Waals surface area contributed by atoms with Gasteiger partial charge in [-0.15, -0.1) is 29.1 Å². The van der Waals surface area contributed by atoms with E-state index in [2.05, 4.69) is 82.3 Å². The number of para-hydroxylation sites is 1. The smallest absolute Gasteiger partial charge is 0.164 e. The number of carbonyl (C=O) groups is 1. The van der Waals surface area contributed by atoms with Crippen LogP contribution in [0.1, 0.15) is 105 Å². The van der Waals surface area contributed by atoms with Gasteiger partial charge in [0.1, 0.15) is 28.4 Å². The molecule has 3 aromatic carbocycles. The average Bonchev–Trinajstić information content (AvgIpc) is 3.68. The van der Waals surface area contributed by atoms with Gasteiger partial charge in [-0.2, -0.15) is 0 Å². The number of aliphatic hydroxyl groups is 1. The third-order valence-corrected chi connectivity index (χ3v) is 11.2. The quantitative estimate of drug-likeness (QED) is 0.0889. The first-order valence-corrected chi connectivity index (χ1v) is 18.4. The molecule has 6 aromatic rings. The van der Waals surface area contributed by atoms with Crippen molar-refractivity contribution in [1.29, 1.82) is 0 Å². The molecule has 0 aliphatic rings. The second-order valence-electron chi connectivity index (χ2n) is 15.5. The van der Waals surface area contributed by atoms with Gasteiger partial charge in [0.2, 0.25) is 0 Å². The Hall–Kier alpha value is -3.99. The van der Waals surface area contributed by atoms with E-state index in [4.69, 9.17) is 13.8 Å². The molecule has 0 unspecified atom stereocenters. The summed E-state index contributed by atoms with van der Waals surface area (Å²) in [4.78, 5) is 17.0. The zero-order valence-electron chi connectivity index (χ0n) is 32.7. The number of nitrogens with zero attached hydrogens (tertiary/aromatic N) is 1. The van der Waals surface area contributed by atoms with Crippen LogP contribution in [0.2, 0.25) is 0 Å². The molecule has 0 spiro atoms. The van der Waals surface area contributed by atoms with E-state index in [9.17, 15) is 9.90 Å². The first-order chi connectivity index (χ1) is 24.1. The van der Waals surface area contributed by atoms with Gasteiger partial charge in [0, 0.05) is 59.7 Å². The van der Waals surface area contributed by atoms with E-state index in [1.807, 2.05) is 66.8 Å². The molecule has 6 heteroatoms. The number of aromatic nitrogens is 1. The van der Waals surface area contributed by atoms with Crippen molar-refractivity contribution in [2.75, 3.05) is 0 Å². The number of pyridine rings is 1. The van der Waals surface area contributed by atoms with Crippen LogP contribution >= 0.6 is 0 Å². The molecule has 1 radical (unpaired) electrons. The second kappa shape index (κ2) is 15.9. The summed E-state index contributed by atoms with van der Waals surface area (Å²) in [6.07, 6.45) is 6.58. The Morgan fingerprint density at radius 2 is 1.50 bits per heavy atom. The second-order valence-corrected chi connectivity index (χ2v) is 15.5. The molecular formula is C46H54IrNO4-. The number of hydrogen-bond acceptors (Lipinski definition) is 5. The van der Waals surface area contributed by atoms with Crippen LogP contribution in [0.15, 0.2) is 87.5 Å². The first kappa shape index (κ1) is 40.8. The fourth-order valence-electron chi connectivity index (χ4n) is 6.69. The molecule has 0 saturated carbocycles. The van der Waals surface area contributed by atoms with Crippen molar-refractivity contribution in [3.63, 3.8) is 0 Å². The van der Waals surface area contributed by atoms with Gasteiger partial charge >= 0.3 is 0 Å². The summed E-state index contributed by atoms with van der Waals surface area (Å²) in [7, 11) is 0. The molecule has 0 saturated heterocycles. The van der Waals surface area contributed by atoms with Crippen LogP contribution in [-0.4, -0.2) is 15.9 Å². The summed E-state index contributed by atoms with van der Waals surface area (Å²) in [6, 6.07) is 24.5. The number of aryl methyl sites for hydroxylation is 2. The summed E-state index contributed by atoms with van der Waals surface area (Å²) in [6.45, 7) is 22.9. The van der Waals surface area contributed by atoms with Crippen molar-refractivity contribution in [2.45, 2.75) is 107 Å². The van der Waals surface area contributed by atoms with Crippen molar-refractivity contribution in [2.24, 2.45) is 10.8 Å². The van der Waals surface area contributed by atoms with Gasteiger partial charge in [-0.3, -0.25) is 9.78 Å². The first-order valence-electron chi connectivity index (χ1n) is 18.4. The minimum Gasteiger partial charge on any atom is -0.512 e. The minimum atomic E-state index is -0.337. The van der Waals surface area contributed by atoms with Gasteiger partial charge in [0.05, 0.1) is 5.56 Å². The third-order valence-electron chi connectivity index (χ3n) is 11.2. The van der Waals surface area contributed by atoms with Crippen LogP contribution in [0.4, 0.5) is 0 Å². The van der Waals surface area contributed by atoms with E-state index in [0.29, 0.717) is 0 Å². The van der Waals surface area contributed by atoms with Gasteiger partial charge in [0.25, 0.3) is 0 Å². The number of benzene rings is 3. The normalized spacial score (nSPS) is 12.6. The Balaban J connectivity index is 0.000000289. The predicted octanol–water partition coefficient (Wildman–Crippen LogP) is 13.4. The van der Waals surface area contributed by atoms with Crippen molar-refractivity contribution < 1.29 is 38.8 Å². The number of aliphatic hydroxyl groups excluding tert-OH is 1. The molecule has 3 heterocycles. The van der Waals surface area contributed by atoms with Crippen LogP contribution in [0.3, 0.4) is 0 Å². The number of carbonyl (C=O) groups excluding carboxylic acids is 1. The van der Waals surface area contributed by atoms with Crippen molar-refractivity contribution in [1.82, 2.24) is 4.98 Å². The molecule has 0 aliphatic carbocycles. The summed E-state index contributed by atoms with van der Waals surface area (Å²) >= 11 is 0. The molecular weight excluding hydrogens is 823 g/mol. The predicted molar refractivity (Wildman–Crippen MR) is 212 cm³/mol.